The van der Waals surface area contributed by atoms with Crippen molar-refractivity contribution in [2.45, 2.75) is 0 Å². The third kappa shape index (κ3) is 4.81. The first-order valence-electron chi connectivity index (χ1n) is 13.7. The van der Waals surface area contributed by atoms with Gasteiger partial charge in [-0.1, -0.05) is 140 Å². The maximum atomic E-state index is 7.51. The number of hydrogen-bond acceptors (Lipinski definition) is 3. The average Bonchev–Trinajstić information content (AvgIpc) is 3.08. The molecular weight excluding hydrogens is 512 g/mol. The van der Waals surface area contributed by atoms with Crippen LogP contribution in [0, 0.1) is 6.57 Å². The minimum absolute atomic E-state index is 0.622. The van der Waals surface area contributed by atoms with E-state index in [9.17, 15) is 0 Å². The number of rotatable bonds is 5. The fourth-order valence-corrected chi connectivity index (χ4v) is 5.29. The van der Waals surface area contributed by atoms with Gasteiger partial charge >= 0.3 is 0 Å². The smallest absolute Gasteiger partial charge is 0.187 e. The SMILES string of the molecule is [C-]#[N+]c1cccc(-c2ccc3ccccc3c2-c2ccc(-c3nc(-c4ccccc4)nc(-c4ccccc4)n3)cc2)c1. The molecule has 42 heavy (non-hydrogen) atoms. The van der Waals surface area contributed by atoms with Crippen LogP contribution in [0.4, 0.5) is 5.69 Å². The van der Waals surface area contributed by atoms with Gasteiger partial charge in [0.15, 0.2) is 23.2 Å². The van der Waals surface area contributed by atoms with Gasteiger partial charge in [-0.2, -0.15) is 0 Å². The topological polar surface area (TPSA) is 43.0 Å². The fraction of sp³-hybridized carbons (Fsp3) is 0. The molecule has 0 saturated heterocycles. The zero-order chi connectivity index (χ0) is 28.3. The molecule has 0 N–H and O–H groups in total. The van der Waals surface area contributed by atoms with Crippen LogP contribution in [0.2, 0.25) is 0 Å². The lowest BCUT2D eigenvalue weighted by molar-refractivity contribution is 1.07. The molecule has 1 heterocycles. The number of aromatic nitrogens is 3. The van der Waals surface area contributed by atoms with Gasteiger partial charge in [-0.25, -0.2) is 19.8 Å². The summed E-state index contributed by atoms with van der Waals surface area (Å²) in [6.45, 7) is 7.51. The summed E-state index contributed by atoms with van der Waals surface area (Å²) < 4.78 is 0. The van der Waals surface area contributed by atoms with Gasteiger partial charge in [-0.05, 0) is 39.1 Å². The normalized spacial score (nSPS) is 10.8. The van der Waals surface area contributed by atoms with Gasteiger partial charge in [-0.3, -0.25) is 0 Å². The van der Waals surface area contributed by atoms with E-state index in [1.54, 1.807) is 0 Å². The molecule has 0 bridgehead atoms. The molecule has 0 atom stereocenters. The molecular formula is C38H24N4. The second-order valence-corrected chi connectivity index (χ2v) is 9.99. The minimum Gasteiger partial charge on any atom is -0.238 e. The number of fused-ring (bicyclic) bond motifs is 1. The Bertz CT molecular complexity index is 2020. The van der Waals surface area contributed by atoms with Gasteiger partial charge in [-0.15, -0.1) is 0 Å². The van der Waals surface area contributed by atoms with Crippen molar-refractivity contribution in [1.29, 1.82) is 0 Å². The number of nitrogens with zero attached hydrogens (tertiary/aromatic N) is 4. The van der Waals surface area contributed by atoms with Crippen LogP contribution in [0.1, 0.15) is 0 Å². The molecule has 7 aromatic rings. The molecule has 0 saturated carbocycles. The van der Waals surface area contributed by atoms with Crippen molar-refractivity contribution in [1.82, 2.24) is 15.0 Å². The lowest BCUT2D eigenvalue weighted by Crippen LogP contribution is -2.00. The Kier molecular flexibility index (Phi) is 6.52. The number of benzene rings is 6. The summed E-state index contributed by atoms with van der Waals surface area (Å²) in [5.41, 5.74) is 7.74. The molecule has 196 valence electrons. The van der Waals surface area contributed by atoms with Crippen molar-refractivity contribution in [3.8, 4) is 56.4 Å². The third-order valence-electron chi connectivity index (χ3n) is 7.35. The Morgan fingerprint density at radius 2 is 0.952 bits per heavy atom. The Morgan fingerprint density at radius 1 is 0.429 bits per heavy atom. The first-order chi connectivity index (χ1) is 20.8. The maximum Gasteiger partial charge on any atom is 0.187 e. The molecule has 0 spiro atoms. The molecule has 0 fully saturated rings. The lowest BCUT2D eigenvalue weighted by Gasteiger charge is -2.15. The first kappa shape index (κ1) is 25.1. The van der Waals surface area contributed by atoms with E-state index in [4.69, 9.17) is 21.5 Å². The van der Waals surface area contributed by atoms with Crippen molar-refractivity contribution in [3.63, 3.8) is 0 Å². The average molecular weight is 537 g/mol. The van der Waals surface area contributed by atoms with Gasteiger partial charge in [0.05, 0.1) is 6.57 Å². The zero-order valence-corrected chi connectivity index (χ0v) is 22.6. The minimum atomic E-state index is 0.622. The highest BCUT2D eigenvalue weighted by Crippen LogP contribution is 2.39. The summed E-state index contributed by atoms with van der Waals surface area (Å²) in [5.74, 6) is 1.90. The van der Waals surface area contributed by atoms with Crippen LogP contribution in [-0.4, -0.2) is 15.0 Å². The lowest BCUT2D eigenvalue weighted by atomic mass is 9.89. The van der Waals surface area contributed by atoms with Crippen molar-refractivity contribution >= 4 is 16.5 Å². The van der Waals surface area contributed by atoms with E-state index in [-0.39, 0.29) is 0 Å². The Balaban J connectivity index is 1.37. The largest absolute Gasteiger partial charge is 0.238 e. The van der Waals surface area contributed by atoms with Crippen molar-refractivity contribution < 1.29 is 0 Å². The first-order valence-corrected chi connectivity index (χ1v) is 13.7. The Labute approximate surface area is 244 Å². The van der Waals surface area contributed by atoms with E-state index in [0.29, 0.717) is 23.2 Å². The third-order valence-corrected chi connectivity index (χ3v) is 7.35. The molecule has 4 nitrogen and oxygen atoms in total. The van der Waals surface area contributed by atoms with E-state index in [2.05, 4.69) is 71.6 Å². The van der Waals surface area contributed by atoms with Crippen LogP contribution >= 0.6 is 0 Å². The number of hydrogen-bond donors (Lipinski definition) is 0. The van der Waals surface area contributed by atoms with E-state index in [1.807, 2.05) is 78.9 Å². The summed E-state index contributed by atoms with van der Waals surface area (Å²) >= 11 is 0. The molecule has 4 heteroatoms. The Hall–Kier alpha value is -5.92. The fourth-order valence-electron chi connectivity index (χ4n) is 5.29. The molecule has 6 aromatic carbocycles. The molecule has 0 amide bonds. The van der Waals surface area contributed by atoms with Crippen molar-refractivity contribution in [3.05, 3.63) is 157 Å². The quantitative estimate of drug-likeness (QED) is 0.206. The molecule has 0 radical (unpaired) electrons. The van der Waals surface area contributed by atoms with E-state index in [1.165, 1.54) is 5.39 Å². The maximum absolute atomic E-state index is 7.51. The predicted octanol–water partition coefficient (Wildman–Crippen LogP) is 9.91. The van der Waals surface area contributed by atoms with E-state index in [0.717, 1.165) is 44.3 Å². The monoisotopic (exact) mass is 536 g/mol. The molecule has 0 aliphatic carbocycles. The standard InChI is InChI=1S/C38H24N4/c1-39-32-17-10-16-31(25-32)34-24-23-26-11-8-9-18-33(26)35(34)27-19-21-30(22-20-27)38-41-36(28-12-4-2-5-13-28)40-37(42-38)29-14-6-3-7-15-29/h2-25H. The highest BCUT2D eigenvalue weighted by molar-refractivity contribution is 6.04. The molecule has 0 unspecified atom stereocenters. The Morgan fingerprint density at radius 3 is 1.57 bits per heavy atom. The molecule has 0 aliphatic rings. The second-order valence-electron chi connectivity index (χ2n) is 9.99. The van der Waals surface area contributed by atoms with Crippen LogP contribution < -0.4 is 0 Å². The summed E-state index contributed by atoms with van der Waals surface area (Å²) in [4.78, 5) is 18.2. The van der Waals surface area contributed by atoms with Gasteiger partial charge < -0.3 is 0 Å². The predicted molar refractivity (Wildman–Crippen MR) is 171 cm³/mol. The summed E-state index contributed by atoms with van der Waals surface area (Å²) in [6, 6.07) is 49.0. The van der Waals surface area contributed by atoms with Crippen LogP contribution in [0.25, 0.3) is 72.0 Å². The van der Waals surface area contributed by atoms with Gasteiger partial charge in [0, 0.05) is 16.7 Å². The van der Waals surface area contributed by atoms with Crippen LogP contribution in [-0.2, 0) is 0 Å². The van der Waals surface area contributed by atoms with Crippen molar-refractivity contribution in [2.75, 3.05) is 0 Å². The summed E-state index contributed by atoms with van der Waals surface area (Å²) in [7, 11) is 0. The van der Waals surface area contributed by atoms with Crippen LogP contribution in [0.5, 0.6) is 0 Å². The van der Waals surface area contributed by atoms with Gasteiger partial charge in [0.1, 0.15) is 0 Å². The van der Waals surface area contributed by atoms with Gasteiger partial charge in [0.25, 0.3) is 0 Å². The summed E-state index contributed by atoms with van der Waals surface area (Å²) in [5, 5.41) is 2.33. The second kappa shape index (κ2) is 10.9. The molecule has 0 aliphatic heterocycles. The van der Waals surface area contributed by atoms with Gasteiger partial charge in [0.2, 0.25) is 0 Å². The van der Waals surface area contributed by atoms with Crippen LogP contribution in [0.15, 0.2) is 146 Å². The zero-order valence-electron chi connectivity index (χ0n) is 22.6. The van der Waals surface area contributed by atoms with E-state index >= 15 is 0 Å². The summed E-state index contributed by atoms with van der Waals surface area (Å²) in [6.07, 6.45) is 0. The van der Waals surface area contributed by atoms with Crippen molar-refractivity contribution in [2.24, 2.45) is 0 Å². The highest BCUT2D eigenvalue weighted by Gasteiger charge is 2.15. The molecule has 1 aromatic heterocycles. The highest BCUT2D eigenvalue weighted by atomic mass is 15.0. The van der Waals surface area contributed by atoms with Crippen LogP contribution in [0.3, 0.4) is 0 Å². The molecule has 7 rings (SSSR count). The van der Waals surface area contributed by atoms with E-state index < -0.39 is 0 Å².